The van der Waals surface area contributed by atoms with Gasteiger partial charge in [0.1, 0.15) is 0 Å². The van der Waals surface area contributed by atoms with Crippen LogP contribution < -0.4 is 16.4 Å². The van der Waals surface area contributed by atoms with Crippen LogP contribution in [0.1, 0.15) is 19.3 Å². The van der Waals surface area contributed by atoms with Gasteiger partial charge in [-0.15, -0.1) is 0 Å². The van der Waals surface area contributed by atoms with Gasteiger partial charge in [-0.1, -0.05) is 0 Å². The first-order chi connectivity index (χ1) is 8.15. The molecule has 4 N–H and O–H groups in total. The predicted octanol–water partition coefficient (Wildman–Crippen LogP) is -0.745. The number of nitrogens with zero attached hydrogens (tertiary/aromatic N) is 1. The number of likely N-dealkylation sites (tertiary alicyclic amines) is 1. The first-order valence-electron chi connectivity index (χ1n) is 6.20. The van der Waals surface area contributed by atoms with E-state index in [1.54, 1.807) is 0 Å². The van der Waals surface area contributed by atoms with Gasteiger partial charge in [-0.25, -0.2) is 4.79 Å². The summed E-state index contributed by atoms with van der Waals surface area (Å²) in [6.45, 7) is 3.88. The fourth-order valence-corrected chi connectivity index (χ4v) is 2.78. The van der Waals surface area contributed by atoms with Crippen molar-refractivity contribution in [1.29, 1.82) is 0 Å². The van der Waals surface area contributed by atoms with Crippen LogP contribution in [0.4, 0.5) is 4.79 Å². The van der Waals surface area contributed by atoms with Gasteiger partial charge in [0.25, 0.3) is 0 Å². The second kappa shape index (κ2) is 5.46. The lowest BCUT2D eigenvalue weighted by molar-refractivity contribution is -0.120. The summed E-state index contributed by atoms with van der Waals surface area (Å²) in [5.74, 6) is 0.434. The maximum atomic E-state index is 11.3. The number of amides is 3. The highest BCUT2D eigenvalue weighted by atomic mass is 16.2. The minimum atomic E-state index is -0.772. The maximum absolute atomic E-state index is 11.3. The number of fused-ring (bicyclic) bond motifs is 1. The number of urea groups is 1. The van der Waals surface area contributed by atoms with Crippen molar-refractivity contribution in [3.8, 4) is 0 Å². The number of primary amides is 1. The smallest absolute Gasteiger partial charge is 0.318 e. The Morgan fingerprint density at radius 1 is 1.41 bits per heavy atom. The number of carbonyl (C=O) groups excluding carboxylic acids is 2. The van der Waals surface area contributed by atoms with Crippen LogP contribution in [0.5, 0.6) is 0 Å². The SMILES string of the molecule is NC(=O)NC(=O)CCN1C[C@@H]2CCCN[C@@H]2C1. The van der Waals surface area contributed by atoms with E-state index in [2.05, 4.69) is 15.5 Å². The summed E-state index contributed by atoms with van der Waals surface area (Å²) >= 11 is 0. The monoisotopic (exact) mass is 240 g/mol. The van der Waals surface area contributed by atoms with E-state index in [9.17, 15) is 9.59 Å². The zero-order chi connectivity index (χ0) is 12.3. The number of imide groups is 1. The Labute approximate surface area is 101 Å². The molecule has 0 aliphatic carbocycles. The van der Waals surface area contributed by atoms with Crippen LogP contribution in [-0.2, 0) is 4.79 Å². The van der Waals surface area contributed by atoms with E-state index in [1.165, 1.54) is 12.8 Å². The lowest BCUT2D eigenvalue weighted by Gasteiger charge is -2.24. The summed E-state index contributed by atoms with van der Waals surface area (Å²) in [7, 11) is 0. The van der Waals surface area contributed by atoms with Gasteiger partial charge in [-0.3, -0.25) is 10.1 Å². The van der Waals surface area contributed by atoms with Crippen molar-refractivity contribution in [3.63, 3.8) is 0 Å². The molecular formula is C11H20N4O2. The fraction of sp³-hybridized carbons (Fsp3) is 0.818. The average Bonchev–Trinajstić information content (AvgIpc) is 2.68. The molecular weight excluding hydrogens is 220 g/mol. The van der Waals surface area contributed by atoms with Crippen LogP contribution in [0, 0.1) is 5.92 Å². The normalized spacial score (nSPS) is 28.7. The molecule has 0 radical (unpaired) electrons. The molecule has 17 heavy (non-hydrogen) atoms. The first kappa shape index (κ1) is 12.3. The highest BCUT2D eigenvalue weighted by Gasteiger charge is 2.33. The lowest BCUT2D eigenvalue weighted by atomic mass is 9.94. The van der Waals surface area contributed by atoms with E-state index in [0.29, 0.717) is 19.0 Å². The first-order valence-corrected chi connectivity index (χ1v) is 6.20. The standard InChI is InChI=1S/C11H20N4O2/c12-11(17)14-10(16)3-5-15-6-8-2-1-4-13-9(8)7-15/h8-9,13H,1-7H2,(H3,12,14,16,17)/t8-,9+/m0/s1. The van der Waals surface area contributed by atoms with Gasteiger partial charge >= 0.3 is 6.03 Å². The molecule has 2 aliphatic rings. The fourth-order valence-electron chi connectivity index (χ4n) is 2.78. The summed E-state index contributed by atoms with van der Waals surface area (Å²) in [4.78, 5) is 24.0. The highest BCUT2D eigenvalue weighted by Crippen LogP contribution is 2.24. The van der Waals surface area contributed by atoms with E-state index < -0.39 is 6.03 Å². The molecule has 2 aliphatic heterocycles. The zero-order valence-electron chi connectivity index (χ0n) is 9.95. The Hall–Kier alpha value is -1.14. The third-order valence-corrected chi connectivity index (χ3v) is 3.59. The van der Waals surface area contributed by atoms with Gasteiger partial charge in [0.15, 0.2) is 0 Å². The molecule has 2 fully saturated rings. The molecule has 2 heterocycles. The molecule has 6 nitrogen and oxygen atoms in total. The van der Waals surface area contributed by atoms with Gasteiger partial charge in [0, 0.05) is 32.1 Å². The van der Waals surface area contributed by atoms with E-state index in [4.69, 9.17) is 5.73 Å². The number of hydrogen-bond donors (Lipinski definition) is 3. The van der Waals surface area contributed by atoms with E-state index in [0.717, 1.165) is 25.6 Å². The Morgan fingerprint density at radius 2 is 2.24 bits per heavy atom. The summed E-state index contributed by atoms with van der Waals surface area (Å²) < 4.78 is 0. The Bertz CT molecular complexity index is 294. The third kappa shape index (κ3) is 3.41. The number of nitrogens with two attached hydrogens (primary N) is 1. The molecule has 0 unspecified atom stereocenters. The third-order valence-electron chi connectivity index (χ3n) is 3.59. The second-order valence-corrected chi connectivity index (χ2v) is 4.88. The summed E-state index contributed by atoms with van der Waals surface area (Å²) in [6.07, 6.45) is 2.86. The van der Waals surface area contributed by atoms with Crippen LogP contribution in [0.25, 0.3) is 0 Å². The summed E-state index contributed by atoms with van der Waals surface area (Å²) in [5.41, 5.74) is 4.88. The lowest BCUT2D eigenvalue weighted by Crippen LogP contribution is -2.41. The van der Waals surface area contributed by atoms with Gasteiger partial charge < -0.3 is 16.0 Å². The predicted molar refractivity (Wildman–Crippen MR) is 63.3 cm³/mol. The van der Waals surface area contributed by atoms with Gasteiger partial charge in [0.2, 0.25) is 5.91 Å². The number of carbonyl (C=O) groups is 2. The number of nitrogens with one attached hydrogen (secondary N) is 2. The van der Waals surface area contributed by atoms with Gasteiger partial charge in [0.05, 0.1) is 0 Å². The van der Waals surface area contributed by atoms with Crippen molar-refractivity contribution in [2.75, 3.05) is 26.2 Å². The maximum Gasteiger partial charge on any atom is 0.318 e. The van der Waals surface area contributed by atoms with Crippen LogP contribution in [0.3, 0.4) is 0 Å². The van der Waals surface area contributed by atoms with Crippen molar-refractivity contribution in [1.82, 2.24) is 15.5 Å². The van der Waals surface area contributed by atoms with Crippen LogP contribution >= 0.6 is 0 Å². The van der Waals surface area contributed by atoms with Crippen LogP contribution in [-0.4, -0.2) is 49.1 Å². The summed E-state index contributed by atoms with van der Waals surface area (Å²) in [6, 6.07) is -0.185. The largest absolute Gasteiger partial charge is 0.351 e. The van der Waals surface area contributed by atoms with Gasteiger partial charge in [-0.2, -0.15) is 0 Å². The number of piperidine rings is 1. The molecule has 0 aromatic carbocycles. The zero-order valence-corrected chi connectivity index (χ0v) is 9.95. The molecule has 0 bridgehead atoms. The summed E-state index contributed by atoms with van der Waals surface area (Å²) in [5, 5.41) is 5.60. The highest BCUT2D eigenvalue weighted by molar-refractivity contribution is 5.93. The Kier molecular flexibility index (Phi) is 3.96. The van der Waals surface area contributed by atoms with E-state index in [1.807, 2.05) is 0 Å². The molecule has 96 valence electrons. The van der Waals surface area contributed by atoms with Crippen molar-refractivity contribution in [2.45, 2.75) is 25.3 Å². The number of hydrogen-bond acceptors (Lipinski definition) is 4. The van der Waals surface area contributed by atoms with E-state index >= 15 is 0 Å². The van der Waals surface area contributed by atoms with Crippen molar-refractivity contribution in [2.24, 2.45) is 11.7 Å². The van der Waals surface area contributed by atoms with Crippen molar-refractivity contribution in [3.05, 3.63) is 0 Å². The van der Waals surface area contributed by atoms with E-state index in [-0.39, 0.29) is 5.91 Å². The molecule has 2 atom stereocenters. The quantitative estimate of drug-likeness (QED) is 0.606. The van der Waals surface area contributed by atoms with Gasteiger partial charge in [-0.05, 0) is 25.3 Å². The van der Waals surface area contributed by atoms with Crippen molar-refractivity contribution >= 4 is 11.9 Å². The molecule has 0 spiro atoms. The molecule has 0 saturated carbocycles. The van der Waals surface area contributed by atoms with Crippen LogP contribution in [0.2, 0.25) is 0 Å². The molecule has 0 aromatic heterocycles. The molecule has 2 rings (SSSR count). The topological polar surface area (TPSA) is 87.5 Å². The van der Waals surface area contributed by atoms with Crippen molar-refractivity contribution < 1.29 is 9.59 Å². The molecule has 0 aromatic rings. The molecule has 2 saturated heterocycles. The molecule has 3 amide bonds. The minimum absolute atomic E-state index is 0.291. The average molecular weight is 240 g/mol. The second-order valence-electron chi connectivity index (χ2n) is 4.88. The van der Waals surface area contributed by atoms with Crippen LogP contribution in [0.15, 0.2) is 0 Å². The Morgan fingerprint density at radius 3 is 2.94 bits per heavy atom. The minimum Gasteiger partial charge on any atom is -0.351 e. The molecule has 6 heteroatoms. The Balaban J connectivity index is 1.70. The number of rotatable bonds is 3.